The van der Waals surface area contributed by atoms with Crippen molar-refractivity contribution >= 4 is 61.3 Å². The zero-order valence-electron chi connectivity index (χ0n) is 25.5. The maximum Gasteiger partial charge on any atom is 0.281 e. The number of aromatic nitrogens is 3. The monoisotopic (exact) mass is 674 g/mol. The number of amides is 3. The van der Waals surface area contributed by atoms with Gasteiger partial charge in [0, 0.05) is 48.2 Å². The van der Waals surface area contributed by atoms with Gasteiger partial charge in [-0.3, -0.25) is 18.8 Å². The number of halogens is 1. The number of hydrogen-bond donors (Lipinski definition) is 2. The summed E-state index contributed by atoms with van der Waals surface area (Å²) in [6.45, 7) is 0.235. The fourth-order valence-corrected chi connectivity index (χ4v) is 6.96. The third kappa shape index (κ3) is 6.43. The van der Waals surface area contributed by atoms with Crippen LogP contribution < -0.4 is 10.6 Å². The molecule has 7 rings (SSSR count). The van der Waals surface area contributed by atoms with Gasteiger partial charge in [0.2, 0.25) is 5.91 Å². The highest BCUT2D eigenvalue weighted by Gasteiger charge is 2.27. The number of imidazole rings is 1. The Morgan fingerprint density at radius 2 is 1.69 bits per heavy atom. The quantitative estimate of drug-likeness (QED) is 0.169. The lowest BCUT2D eigenvalue weighted by molar-refractivity contribution is -0.132. The molecule has 238 valence electrons. The van der Waals surface area contributed by atoms with E-state index in [0.717, 1.165) is 27.4 Å². The molecule has 9 nitrogen and oxygen atoms in total. The van der Waals surface area contributed by atoms with Crippen molar-refractivity contribution in [2.24, 2.45) is 0 Å². The first-order valence-corrected chi connectivity index (χ1v) is 16.6. The van der Waals surface area contributed by atoms with Crippen molar-refractivity contribution in [2.75, 3.05) is 12.4 Å². The molecule has 2 N–H and O–H groups in total. The second kappa shape index (κ2) is 13.2. The fourth-order valence-electron chi connectivity index (χ4n) is 5.35. The Balaban J connectivity index is 1.09. The first-order valence-electron chi connectivity index (χ1n) is 14.9. The SMILES string of the molecule is CN(Cc1ccc(F)cc1)C(=O)[C@@H](NC(=O)c1nc2ccc(NC(=O)c3ccccc3-c3cn4ccsc4n3)cc2s1)c1ccccc1. The number of benzene rings is 4. The summed E-state index contributed by atoms with van der Waals surface area (Å²) >= 11 is 2.68. The number of nitrogens with one attached hydrogen (secondary N) is 2. The van der Waals surface area contributed by atoms with Crippen LogP contribution >= 0.6 is 22.7 Å². The van der Waals surface area contributed by atoms with Gasteiger partial charge in [-0.1, -0.05) is 60.7 Å². The molecule has 0 bridgehead atoms. The normalized spacial score (nSPS) is 11.8. The standard InChI is InChI=1S/C36H27FN6O3S2/c1-42(20-22-11-13-24(37)14-12-22)35(46)31(23-7-3-2-4-8-23)41-33(45)34-39-28-16-15-25(19-30(28)48-34)38-32(44)27-10-6-5-9-26(27)29-21-43-17-18-47-36(43)40-29/h2-19,21,31H,20H2,1H3,(H,38,44)(H,41,45)/t31-/m0/s1. The Labute approximate surface area is 282 Å². The predicted molar refractivity (Wildman–Crippen MR) is 186 cm³/mol. The lowest BCUT2D eigenvalue weighted by atomic mass is 10.0. The number of fused-ring (bicyclic) bond motifs is 2. The summed E-state index contributed by atoms with van der Waals surface area (Å²) in [5.41, 5.74) is 4.40. The van der Waals surface area contributed by atoms with Crippen molar-refractivity contribution in [3.63, 3.8) is 0 Å². The number of likely N-dealkylation sites (N-methyl/N-ethyl adjacent to an activating group) is 1. The molecule has 0 aliphatic rings. The summed E-state index contributed by atoms with van der Waals surface area (Å²) in [6, 6.07) is 26.5. The van der Waals surface area contributed by atoms with E-state index in [1.54, 1.807) is 67.7 Å². The number of carbonyl (C=O) groups is 3. The average molecular weight is 675 g/mol. The van der Waals surface area contributed by atoms with Crippen molar-refractivity contribution in [1.29, 1.82) is 0 Å². The molecule has 0 aliphatic carbocycles. The van der Waals surface area contributed by atoms with Crippen LogP contribution in [0.2, 0.25) is 0 Å². The third-order valence-electron chi connectivity index (χ3n) is 7.75. The van der Waals surface area contributed by atoms with Crippen molar-refractivity contribution < 1.29 is 18.8 Å². The Morgan fingerprint density at radius 1 is 0.917 bits per heavy atom. The molecule has 1 atom stereocenters. The second-order valence-electron chi connectivity index (χ2n) is 11.1. The largest absolute Gasteiger partial charge is 0.339 e. The van der Waals surface area contributed by atoms with Gasteiger partial charge >= 0.3 is 0 Å². The Hall–Kier alpha value is -5.72. The minimum Gasteiger partial charge on any atom is -0.339 e. The molecule has 0 saturated carbocycles. The van der Waals surface area contributed by atoms with Crippen LogP contribution in [-0.4, -0.2) is 44.0 Å². The highest BCUT2D eigenvalue weighted by atomic mass is 32.1. The van der Waals surface area contributed by atoms with Crippen molar-refractivity contribution in [3.8, 4) is 11.3 Å². The van der Waals surface area contributed by atoms with Crippen LogP contribution in [-0.2, 0) is 11.3 Å². The molecule has 0 spiro atoms. The van der Waals surface area contributed by atoms with Crippen LogP contribution in [0.3, 0.4) is 0 Å². The van der Waals surface area contributed by atoms with Crippen LogP contribution in [0.1, 0.15) is 37.3 Å². The Bertz CT molecular complexity index is 2250. The summed E-state index contributed by atoms with van der Waals surface area (Å²) in [7, 11) is 1.64. The van der Waals surface area contributed by atoms with Gasteiger partial charge in [0.25, 0.3) is 11.8 Å². The van der Waals surface area contributed by atoms with E-state index in [4.69, 9.17) is 0 Å². The second-order valence-corrected chi connectivity index (χ2v) is 13.0. The molecule has 12 heteroatoms. The van der Waals surface area contributed by atoms with Crippen molar-refractivity contribution in [2.45, 2.75) is 12.6 Å². The molecule has 48 heavy (non-hydrogen) atoms. The molecule has 4 aromatic carbocycles. The highest BCUT2D eigenvalue weighted by molar-refractivity contribution is 7.20. The van der Waals surface area contributed by atoms with Crippen LogP contribution in [0.4, 0.5) is 10.1 Å². The Kier molecular flexibility index (Phi) is 8.49. The lowest BCUT2D eigenvalue weighted by Crippen LogP contribution is -2.41. The molecular weight excluding hydrogens is 648 g/mol. The molecule has 0 aliphatic heterocycles. The molecule has 7 aromatic rings. The number of rotatable bonds is 9. The average Bonchev–Trinajstić information content (AvgIpc) is 3.84. The number of anilines is 1. The van der Waals surface area contributed by atoms with Crippen LogP contribution in [0.15, 0.2) is 115 Å². The van der Waals surface area contributed by atoms with Gasteiger partial charge in [-0.05, 0) is 47.5 Å². The van der Waals surface area contributed by atoms with Crippen LogP contribution in [0.25, 0.3) is 26.4 Å². The van der Waals surface area contributed by atoms with Crippen LogP contribution in [0.5, 0.6) is 0 Å². The molecule has 3 amide bonds. The Morgan fingerprint density at radius 3 is 2.48 bits per heavy atom. The number of thiazole rings is 2. The minimum atomic E-state index is -0.975. The lowest BCUT2D eigenvalue weighted by Gasteiger charge is -2.25. The van der Waals surface area contributed by atoms with Gasteiger partial charge < -0.3 is 15.5 Å². The van der Waals surface area contributed by atoms with Crippen molar-refractivity contribution in [1.82, 2.24) is 24.6 Å². The maximum atomic E-state index is 13.6. The van der Waals surface area contributed by atoms with E-state index in [0.29, 0.717) is 32.7 Å². The fraction of sp³-hybridized carbons (Fsp3) is 0.0833. The van der Waals surface area contributed by atoms with E-state index in [2.05, 4.69) is 20.6 Å². The van der Waals surface area contributed by atoms with Gasteiger partial charge in [-0.2, -0.15) is 0 Å². The zero-order chi connectivity index (χ0) is 33.2. The topological polar surface area (TPSA) is 109 Å². The minimum absolute atomic E-state index is 0.175. The van der Waals surface area contributed by atoms with Gasteiger partial charge in [-0.25, -0.2) is 14.4 Å². The number of nitrogens with zero attached hydrogens (tertiary/aromatic N) is 4. The van der Waals surface area contributed by atoms with E-state index < -0.39 is 11.9 Å². The summed E-state index contributed by atoms with van der Waals surface area (Å²) in [4.78, 5) is 52.1. The molecular formula is C36H27FN6O3S2. The van der Waals surface area contributed by atoms with Crippen molar-refractivity contribution in [3.05, 3.63) is 142 Å². The smallest absolute Gasteiger partial charge is 0.281 e. The van der Waals surface area contributed by atoms with E-state index in [9.17, 15) is 18.8 Å². The number of carbonyl (C=O) groups excluding carboxylic acids is 3. The maximum absolute atomic E-state index is 13.6. The summed E-state index contributed by atoms with van der Waals surface area (Å²) < 4.78 is 16.0. The van der Waals surface area contributed by atoms with E-state index in [1.807, 2.05) is 46.4 Å². The molecule has 3 aromatic heterocycles. The van der Waals surface area contributed by atoms with E-state index in [-0.39, 0.29) is 29.2 Å². The van der Waals surface area contributed by atoms with E-state index >= 15 is 0 Å². The molecule has 3 heterocycles. The van der Waals surface area contributed by atoms with Gasteiger partial charge in [0.15, 0.2) is 9.97 Å². The first kappa shape index (κ1) is 30.9. The van der Waals surface area contributed by atoms with Gasteiger partial charge in [-0.15, -0.1) is 22.7 Å². The number of hydrogen-bond acceptors (Lipinski definition) is 7. The third-order valence-corrected chi connectivity index (χ3v) is 9.53. The molecule has 0 radical (unpaired) electrons. The zero-order valence-corrected chi connectivity index (χ0v) is 27.1. The van der Waals surface area contributed by atoms with Gasteiger partial charge in [0.1, 0.15) is 11.9 Å². The predicted octanol–water partition coefficient (Wildman–Crippen LogP) is 7.19. The van der Waals surface area contributed by atoms with Crippen LogP contribution in [0, 0.1) is 5.82 Å². The van der Waals surface area contributed by atoms with Gasteiger partial charge in [0.05, 0.1) is 15.9 Å². The van der Waals surface area contributed by atoms with E-state index in [1.165, 1.54) is 28.4 Å². The summed E-state index contributed by atoms with van der Waals surface area (Å²) in [5, 5.41) is 7.96. The molecule has 0 saturated heterocycles. The highest BCUT2D eigenvalue weighted by Crippen LogP contribution is 2.29. The molecule has 0 unspecified atom stereocenters. The summed E-state index contributed by atoms with van der Waals surface area (Å²) in [5.74, 6) is -1.49. The first-order chi connectivity index (χ1) is 23.3. The molecule has 0 fully saturated rings. The summed E-state index contributed by atoms with van der Waals surface area (Å²) in [6.07, 6.45) is 3.82.